The molecular formula is C22H22F5N5O4S. The number of aliphatic carboxylic acids is 1. The number of benzene rings is 1. The van der Waals surface area contributed by atoms with Gasteiger partial charge in [0.05, 0.1) is 25.3 Å². The van der Waals surface area contributed by atoms with Crippen LogP contribution in [0.1, 0.15) is 4.88 Å². The highest BCUT2D eigenvalue weighted by molar-refractivity contribution is 7.15. The molecule has 0 bridgehead atoms. The Bertz CT molecular complexity index is 1340. The molecule has 3 aromatic rings. The third-order valence-electron chi connectivity index (χ3n) is 5.22. The third-order valence-corrected chi connectivity index (χ3v) is 6.34. The molecule has 0 atom stereocenters. The number of likely N-dealkylation sites (N-methyl/N-ethyl adjacent to an activating group) is 1. The molecule has 0 radical (unpaired) electrons. The van der Waals surface area contributed by atoms with Crippen LogP contribution in [0.5, 0.6) is 5.75 Å². The number of anilines is 1. The van der Waals surface area contributed by atoms with E-state index in [0.717, 1.165) is 38.0 Å². The van der Waals surface area contributed by atoms with Gasteiger partial charge in [-0.05, 0) is 29.8 Å². The smallest absolute Gasteiger partial charge is 0.490 e. The van der Waals surface area contributed by atoms with Gasteiger partial charge in [0.2, 0.25) is 0 Å². The highest BCUT2D eigenvalue weighted by Gasteiger charge is 2.38. The molecule has 15 heteroatoms. The van der Waals surface area contributed by atoms with E-state index in [0.29, 0.717) is 13.2 Å². The van der Waals surface area contributed by atoms with Crippen LogP contribution in [0.2, 0.25) is 0 Å². The van der Waals surface area contributed by atoms with Crippen LogP contribution in [0, 0.1) is 0 Å². The van der Waals surface area contributed by atoms with E-state index in [1.807, 2.05) is 31.3 Å². The monoisotopic (exact) mass is 547 g/mol. The number of hydrogen-bond acceptors (Lipinski definition) is 7. The van der Waals surface area contributed by atoms with Crippen LogP contribution in [-0.2, 0) is 17.9 Å². The number of thiophene rings is 1. The molecule has 200 valence electrons. The Kier molecular flexibility index (Phi) is 8.70. The molecule has 9 nitrogen and oxygen atoms in total. The van der Waals surface area contributed by atoms with E-state index < -0.39 is 23.9 Å². The zero-order chi connectivity index (χ0) is 27.3. The van der Waals surface area contributed by atoms with E-state index in [4.69, 9.17) is 20.4 Å². The molecule has 1 aliphatic rings. The molecule has 0 saturated heterocycles. The van der Waals surface area contributed by atoms with Gasteiger partial charge in [-0.25, -0.2) is 14.3 Å². The predicted octanol–water partition coefficient (Wildman–Crippen LogP) is 3.39. The van der Waals surface area contributed by atoms with Crippen LogP contribution >= 0.6 is 11.3 Å². The zero-order valence-electron chi connectivity index (χ0n) is 19.3. The average molecular weight is 548 g/mol. The van der Waals surface area contributed by atoms with Crippen molar-refractivity contribution in [3.8, 4) is 16.2 Å². The summed E-state index contributed by atoms with van der Waals surface area (Å²) in [6.45, 7) is 1.19. The number of alkyl halides is 3. The first kappa shape index (κ1) is 27.9. The minimum Gasteiger partial charge on any atom is -0.490 e. The summed E-state index contributed by atoms with van der Waals surface area (Å²) in [7, 11) is 2.04. The normalized spacial score (nSPS) is 12.8. The molecule has 37 heavy (non-hydrogen) atoms. The number of carbonyl (C=O) groups is 1. The number of ether oxygens (including phenoxy) is 1. The number of fused-ring (bicyclic) bond motifs is 1. The van der Waals surface area contributed by atoms with Gasteiger partial charge in [-0.1, -0.05) is 6.07 Å². The summed E-state index contributed by atoms with van der Waals surface area (Å²) in [5.74, 6) is -1.90. The lowest BCUT2D eigenvalue weighted by atomic mass is 10.1. The zero-order valence-corrected chi connectivity index (χ0v) is 20.2. The number of rotatable bonds is 6. The topological polar surface area (TPSA) is 116 Å². The maximum absolute atomic E-state index is 12.8. The fraction of sp³-hybridized carbons (Fsp3) is 0.318. The van der Waals surface area contributed by atoms with Crippen molar-refractivity contribution in [2.75, 3.05) is 31.6 Å². The molecular weight excluding hydrogens is 525 g/mol. The fourth-order valence-corrected chi connectivity index (χ4v) is 4.27. The average Bonchev–Trinajstić information content (AvgIpc) is 3.44. The van der Waals surface area contributed by atoms with Gasteiger partial charge in [0.25, 0.3) is 6.08 Å². The van der Waals surface area contributed by atoms with Crippen molar-refractivity contribution in [1.29, 1.82) is 0 Å². The minimum absolute atomic E-state index is 0.305. The molecule has 0 saturated carbocycles. The number of aromatic nitrogens is 3. The molecule has 0 unspecified atom stereocenters. The van der Waals surface area contributed by atoms with Gasteiger partial charge in [-0.2, -0.15) is 27.1 Å². The van der Waals surface area contributed by atoms with Gasteiger partial charge in [0, 0.05) is 28.9 Å². The van der Waals surface area contributed by atoms with Crippen LogP contribution in [0.15, 0.2) is 53.1 Å². The lowest BCUT2D eigenvalue weighted by molar-refractivity contribution is -0.192. The summed E-state index contributed by atoms with van der Waals surface area (Å²) in [5, 5.41) is 11.1. The summed E-state index contributed by atoms with van der Waals surface area (Å²) >= 11 is 1.56. The molecule has 3 heterocycles. The van der Waals surface area contributed by atoms with E-state index >= 15 is 0 Å². The van der Waals surface area contributed by atoms with Gasteiger partial charge >= 0.3 is 17.8 Å². The highest BCUT2D eigenvalue weighted by Crippen LogP contribution is 2.37. The number of halogens is 5. The Morgan fingerprint density at radius 1 is 1.24 bits per heavy atom. The minimum atomic E-state index is -5.08. The molecule has 3 N–H and O–H groups in total. The molecule has 0 spiro atoms. The van der Waals surface area contributed by atoms with Crippen LogP contribution < -0.4 is 21.1 Å². The van der Waals surface area contributed by atoms with E-state index in [2.05, 4.69) is 16.1 Å². The Hall–Kier alpha value is -3.72. The Balaban J connectivity index is 0.000000479. The van der Waals surface area contributed by atoms with Crippen LogP contribution in [0.4, 0.5) is 27.6 Å². The van der Waals surface area contributed by atoms with Crippen molar-refractivity contribution in [3.05, 3.63) is 63.7 Å². The Morgan fingerprint density at radius 2 is 1.95 bits per heavy atom. The summed E-state index contributed by atoms with van der Waals surface area (Å²) in [4.78, 5) is 25.5. The number of nitrogens with two attached hydrogens (primary N) is 1. The lowest BCUT2D eigenvalue weighted by Gasteiger charge is -2.27. The van der Waals surface area contributed by atoms with Crippen molar-refractivity contribution < 1.29 is 36.6 Å². The predicted molar refractivity (Wildman–Crippen MR) is 126 cm³/mol. The second-order valence-corrected chi connectivity index (χ2v) is 8.96. The first-order valence-electron chi connectivity index (χ1n) is 10.6. The van der Waals surface area contributed by atoms with E-state index in [-0.39, 0.29) is 18.7 Å². The third kappa shape index (κ3) is 6.95. The van der Waals surface area contributed by atoms with Gasteiger partial charge in [0.1, 0.15) is 18.7 Å². The largest absolute Gasteiger partial charge is 0.490 e. The second-order valence-electron chi connectivity index (χ2n) is 7.79. The van der Waals surface area contributed by atoms with E-state index in [9.17, 15) is 26.7 Å². The lowest BCUT2D eigenvalue weighted by Crippen LogP contribution is -2.28. The van der Waals surface area contributed by atoms with Gasteiger partial charge in [-0.15, -0.1) is 11.3 Å². The standard InChI is InChI=1S/C20H21F2N5O2S.C2HF3O2/c1-25-6-7-29-17-8-13(2-4-16(17)25)18-5-3-15(30-18)11-26-12-24-27(20(26)28)10-14(9-23)19(21)22;3-2(4,5)1(6)7/h2-5,8,12H,6-7,9-11,23H2,1H3;(H,6,7). The number of carboxylic acid groups (broad SMARTS) is 1. The molecule has 0 amide bonds. The van der Waals surface area contributed by atoms with Crippen molar-refractivity contribution >= 4 is 23.0 Å². The number of carboxylic acids is 1. The molecule has 0 aliphatic carbocycles. The van der Waals surface area contributed by atoms with Crippen LogP contribution in [0.25, 0.3) is 10.4 Å². The molecule has 2 aromatic heterocycles. The summed E-state index contributed by atoms with van der Waals surface area (Å²) < 4.78 is 65.5. The second kappa shape index (κ2) is 11.6. The molecule has 4 rings (SSSR count). The maximum Gasteiger partial charge on any atom is 0.490 e. The van der Waals surface area contributed by atoms with Crippen LogP contribution in [-0.4, -0.2) is 58.3 Å². The number of nitrogens with zero attached hydrogens (tertiary/aromatic N) is 4. The SMILES string of the molecule is CN1CCOc2cc(-c3ccc(Cn4cnn(CC(CN)=C(F)F)c4=O)s3)ccc21.O=C(O)C(F)(F)F. The quantitative estimate of drug-likeness (QED) is 0.455. The molecule has 0 fully saturated rings. The van der Waals surface area contributed by atoms with Crippen molar-refractivity contribution in [3.63, 3.8) is 0 Å². The Labute approximate surface area is 210 Å². The van der Waals surface area contributed by atoms with Crippen molar-refractivity contribution in [1.82, 2.24) is 14.3 Å². The summed E-state index contributed by atoms with van der Waals surface area (Å²) in [5.41, 5.74) is 6.66. The van der Waals surface area contributed by atoms with E-state index in [1.54, 1.807) is 11.3 Å². The summed E-state index contributed by atoms with van der Waals surface area (Å²) in [6, 6.07) is 10.1. The highest BCUT2D eigenvalue weighted by atomic mass is 32.1. The maximum atomic E-state index is 12.8. The van der Waals surface area contributed by atoms with Crippen molar-refractivity contribution in [2.45, 2.75) is 19.3 Å². The Morgan fingerprint density at radius 3 is 2.57 bits per heavy atom. The van der Waals surface area contributed by atoms with E-state index in [1.165, 1.54) is 10.9 Å². The first-order valence-corrected chi connectivity index (χ1v) is 11.4. The van der Waals surface area contributed by atoms with Gasteiger partial charge in [0.15, 0.2) is 0 Å². The van der Waals surface area contributed by atoms with Gasteiger partial charge < -0.3 is 20.5 Å². The number of hydrogen-bond donors (Lipinski definition) is 2. The summed E-state index contributed by atoms with van der Waals surface area (Å²) in [6.07, 6.45) is -5.60. The fourth-order valence-electron chi connectivity index (χ4n) is 3.27. The van der Waals surface area contributed by atoms with Gasteiger partial charge in [-0.3, -0.25) is 4.57 Å². The van der Waals surface area contributed by atoms with Crippen molar-refractivity contribution in [2.24, 2.45) is 5.73 Å². The molecule has 1 aromatic carbocycles. The molecule has 1 aliphatic heterocycles. The van der Waals surface area contributed by atoms with Crippen LogP contribution in [0.3, 0.4) is 0 Å². The first-order chi connectivity index (χ1) is 17.4.